The van der Waals surface area contributed by atoms with Gasteiger partial charge in [-0.25, -0.2) is 0 Å². The molecule has 1 aliphatic heterocycles. The summed E-state index contributed by atoms with van der Waals surface area (Å²) in [5.41, 5.74) is 9.21. The zero-order valence-corrected chi connectivity index (χ0v) is 12.6. The zero-order chi connectivity index (χ0) is 14.3. The van der Waals surface area contributed by atoms with Crippen LogP contribution < -0.4 is 5.73 Å². The van der Waals surface area contributed by atoms with E-state index in [-0.39, 0.29) is 0 Å². The predicted molar refractivity (Wildman–Crippen MR) is 82.9 cm³/mol. The van der Waals surface area contributed by atoms with E-state index < -0.39 is 0 Å². The Morgan fingerprint density at radius 3 is 2.70 bits per heavy atom. The Labute approximate surface area is 124 Å². The maximum absolute atomic E-state index is 6.48. The Bertz CT molecular complexity index is 635. The number of likely N-dealkylation sites (tertiary alicyclic amines) is 1. The largest absolute Gasteiger partial charge is 0.383 e. The Kier molecular flexibility index (Phi) is 3.44. The lowest BCUT2D eigenvalue weighted by Gasteiger charge is -2.13. The van der Waals surface area contributed by atoms with Crippen LogP contribution in [0.25, 0.3) is 11.1 Å². The Hall–Kier alpha value is -1.52. The van der Waals surface area contributed by atoms with Crippen molar-refractivity contribution in [2.75, 3.05) is 25.9 Å². The summed E-state index contributed by atoms with van der Waals surface area (Å²) >= 11 is 6.48. The van der Waals surface area contributed by atoms with E-state index in [9.17, 15) is 0 Å². The normalized spacial score (nSPS) is 19.6. The molecule has 1 unspecified atom stereocenters. The first-order valence-corrected chi connectivity index (χ1v) is 7.20. The van der Waals surface area contributed by atoms with Gasteiger partial charge in [0.25, 0.3) is 0 Å². The van der Waals surface area contributed by atoms with Gasteiger partial charge in [0, 0.05) is 24.2 Å². The Morgan fingerprint density at radius 1 is 1.35 bits per heavy atom. The van der Waals surface area contributed by atoms with E-state index in [0.29, 0.717) is 11.7 Å². The number of benzene rings is 1. The minimum Gasteiger partial charge on any atom is -0.383 e. The molecule has 0 radical (unpaired) electrons. The molecule has 0 bridgehead atoms. The number of hydrogen-bond donors (Lipinski definition) is 1. The number of nitrogens with zero attached hydrogens (tertiary/aromatic N) is 3. The Morgan fingerprint density at radius 2 is 2.15 bits per heavy atom. The third-order valence-corrected chi connectivity index (χ3v) is 4.45. The van der Waals surface area contributed by atoms with Crippen LogP contribution >= 0.6 is 11.6 Å². The number of likely N-dealkylation sites (N-methyl/N-ethyl adjacent to an activating group) is 1. The molecule has 0 amide bonds. The number of hydrogen-bond acceptors (Lipinski definition) is 3. The van der Waals surface area contributed by atoms with E-state index in [1.807, 2.05) is 13.1 Å². The van der Waals surface area contributed by atoms with E-state index in [1.54, 1.807) is 10.9 Å². The van der Waals surface area contributed by atoms with Gasteiger partial charge in [-0.2, -0.15) is 5.10 Å². The van der Waals surface area contributed by atoms with Gasteiger partial charge in [0.05, 0.1) is 6.20 Å². The average molecular weight is 291 g/mol. The van der Waals surface area contributed by atoms with Crippen LogP contribution in [0.3, 0.4) is 0 Å². The highest BCUT2D eigenvalue weighted by molar-refractivity contribution is 6.31. The van der Waals surface area contributed by atoms with Gasteiger partial charge in [-0.1, -0.05) is 23.7 Å². The summed E-state index contributed by atoms with van der Waals surface area (Å²) in [5.74, 6) is 1.20. The lowest BCUT2D eigenvalue weighted by Crippen LogP contribution is -2.13. The molecular formula is C15H19ClN4. The van der Waals surface area contributed by atoms with Crippen LogP contribution in [0, 0.1) is 0 Å². The van der Waals surface area contributed by atoms with E-state index >= 15 is 0 Å². The number of nitrogens with two attached hydrogens (primary N) is 1. The van der Waals surface area contributed by atoms with Gasteiger partial charge in [-0.15, -0.1) is 0 Å². The van der Waals surface area contributed by atoms with Gasteiger partial charge in [0.2, 0.25) is 0 Å². The van der Waals surface area contributed by atoms with Gasteiger partial charge in [0.15, 0.2) is 0 Å². The summed E-state index contributed by atoms with van der Waals surface area (Å²) < 4.78 is 1.67. The van der Waals surface area contributed by atoms with Crippen LogP contribution in [-0.2, 0) is 7.05 Å². The van der Waals surface area contributed by atoms with E-state index in [4.69, 9.17) is 17.3 Å². The molecule has 2 N–H and O–H groups in total. The van der Waals surface area contributed by atoms with Crippen LogP contribution in [0.1, 0.15) is 17.9 Å². The topological polar surface area (TPSA) is 47.1 Å². The average Bonchev–Trinajstić information content (AvgIpc) is 2.97. The van der Waals surface area contributed by atoms with Crippen molar-refractivity contribution in [3.8, 4) is 11.1 Å². The number of anilines is 1. The van der Waals surface area contributed by atoms with Gasteiger partial charge in [-0.05, 0) is 43.1 Å². The first-order valence-electron chi connectivity index (χ1n) is 6.82. The maximum Gasteiger partial charge on any atom is 0.129 e. The Balaban J connectivity index is 1.93. The molecule has 0 saturated carbocycles. The molecule has 0 aliphatic carbocycles. The number of nitrogen functional groups attached to an aromatic ring is 1. The summed E-state index contributed by atoms with van der Waals surface area (Å²) in [5, 5.41) is 5.00. The molecule has 1 saturated heterocycles. The quantitative estimate of drug-likeness (QED) is 0.925. The third-order valence-electron chi connectivity index (χ3n) is 4.13. The van der Waals surface area contributed by atoms with Crippen molar-refractivity contribution in [3.63, 3.8) is 0 Å². The van der Waals surface area contributed by atoms with Gasteiger partial charge >= 0.3 is 0 Å². The molecule has 106 valence electrons. The number of aromatic nitrogens is 2. The SMILES string of the molecule is CN1CCC(c2ccc(-c3cnn(C)c3N)cc2Cl)C1. The highest BCUT2D eigenvalue weighted by Gasteiger charge is 2.23. The smallest absolute Gasteiger partial charge is 0.129 e. The summed E-state index contributed by atoms with van der Waals surface area (Å²) in [7, 11) is 3.99. The van der Waals surface area contributed by atoms with E-state index in [2.05, 4.69) is 29.2 Å². The highest BCUT2D eigenvalue weighted by Crippen LogP contribution is 2.35. The van der Waals surface area contributed by atoms with Crippen LogP contribution in [0.15, 0.2) is 24.4 Å². The molecule has 2 aromatic rings. The summed E-state index contributed by atoms with van der Waals surface area (Å²) in [4.78, 5) is 2.34. The fourth-order valence-electron chi connectivity index (χ4n) is 2.88. The molecule has 3 rings (SSSR count). The zero-order valence-electron chi connectivity index (χ0n) is 11.8. The molecular weight excluding hydrogens is 272 g/mol. The maximum atomic E-state index is 6.48. The second-order valence-corrected chi connectivity index (χ2v) is 5.96. The first-order chi connectivity index (χ1) is 9.56. The van der Waals surface area contributed by atoms with Crippen molar-refractivity contribution in [1.29, 1.82) is 0 Å². The van der Waals surface area contributed by atoms with Crippen LogP contribution in [0.4, 0.5) is 5.82 Å². The lowest BCUT2D eigenvalue weighted by molar-refractivity contribution is 0.411. The fourth-order valence-corrected chi connectivity index (χ4v) is 3.22. The van der Waals surface area contributed by atoms with Gasteiger partial charge in [-0.3, -0.25) is 4.68 Å². The molecule has 2 heterocycles. The van der Waals surface area contributed by atoms with Gasteiger partial charge in [0.1, 0.15) is 5.82 Å². The van der Waals surface area contributed by atoms with Crippen molar-refractivity contribution in [2.45, 2.75) is 12.3 Å². The number of halogens is 1. The van der Waals surface area contributed by atoms with Crippen LogP contribution in [0.2, 0.25) is 5.02 Å². The first kappa shape index (κ1) is 13.5. The second kappa shape index (κ2) is 5.11. The van der Waals surface area contributed by atoms with E-state index in [0.717, 1.165) is 29.2 Å². The third kappa shape index (κ3) is 2.30. The molecule has 0 spiro atoms. The molecule has 1 aliphatic rings. The van der Waals surface area contributed by atoms with Crippen molar-refractivity contribution in [3.05, 3.63) is 35.0 Å². The minimum absolute atomic E-state index is 0.535. The fraction of sp³-hybridized carbons (Fsp3) is 0.400. The standard InChI is InChI=1S/C15H19ClN4/c1-19-6-5-11(9-19)12-4-3-10(7-14(12)16)13-8-18-20(2)15(13)17/h3-4,7-8,11H,5-6,9,17H2,1-2H3. The van der Waals surface area contributed by atoms with E-state index in [1.165, 1.54) is 12.0 Å². The van der Waals surface area contributed by atoms with Crippen LogP contribution in [0.5, 0.6) is 0 Å². The van der Waals surface area contributed by atoms with Gasteiger partial charge < -0.3 is 10.6 Å². The molecule has 1 aromatic carbocycles. The molecule has 5 heteroatoms. The van der Waals surface area contributed by atoms with Crippen molar-refractivity contribution in [2.24, 2.45) is 7.05 Å². The van der Waals surface area contributed by atoms with Crippen molar-refractivity contribution < 1.29 is 0 Å². The summed E-state index contributed by atoms with van der Waals surface area (Å²) in [6, 6.07) is 6.23. The molecule has 1 aromatic heterocycles. The van der Waals surface area contributed by atoms with Crippen LogP contribution in [-0.4, -0.2) is 34.8 Å². The number of rotatable bonds is 2. The second-order valence-electron chi connectivity index (χ2n) is 5.55. The summed E-state index contributed by atoms with van der Waals surface area (Å²) in [6.45, 7) is 2.21. The summed E-state index contributed by atoms with van der Waals surface area (Å²) in [6.07, 6.45) is 2.95. The monoisotopic (exact) mass is 290 g/mol. The van der Waals surface area contributed by atoms with Crippen molar-refractivity contribution in [1.82, 2.24) is 14.7 Å². The highest BCUT2D eigenvalue weighted by atomic mass is 35.5. The number of aryl methyl sites for hydroxylation is 1. The van der Waals surface area contributed by atoms with Crippen molar-refractivity contribution >= 4 is 17.4 Å². The molecule has 1 atom stereocenters. The minimum atomic E-state index is 0.535. The molecule has 4 nitrogen and oxygen atoms in total. The molecule has 20 heavy (non-hydrogen) atoms. The molecule has 1 fully saturated rings. The lowest BCUT2D eigenvalue weighted by atomic mass is 9.96. The predicted octanol–water partition coefficient (Wildman–Crippen LogP) is 2.74.